The van der Waals surface area contributed by atoms with Crippen LogP contribution >= 0.6 is 0 Å². The van der Waals surface area contributed by atoms with Gasteiger partial charge in [0, 0.05) is 18.0 Å². The Morgan fingerprint density at radius 1 is 1.32 bits per heavy atom. The smallest absolute Gasteiger partial charge is 0.264 e. The molecule has 0 saturated carbocycles. The van der Waals surface area contributed by atoms with E-state index in [0.29, 0.717) is 5.57 Å². The van der Waals surface area contributed by atoms with E-state index in [0.717, 1.165) is 30.9 Å². The number of rotatable bonds is 4. The molecule has 0 aromatic carbocycles. The molecule has 1 heterocycles. The summed E-state index contributed by atoms with van der Waals surface area (Å²) in [6.45, 7) is 4.96. The summed E-state index contributed by atoms with van der Waals surface area (Å²) in [7, 11) is 0. The molecule has 0 bridgehead atoms. The first-order chi connectivity index (χ1) is 8.86. The van der Waals surface area contributed by atoms with Gasteiger partial charge in [0.15, 0.2) is 0 Å². The standard InChI is InChI=1S/C15H18F3N/c1-4-6-11(2)14(9-12(3)15(16,17)18)13-7-5-8-19-10-13/h5,7-10H,4,6H2,1-3H3/b12-9+,14-11-. The molecule has 0 aliphatic rings. The SMILES string of the molecule is CCC/C(C)=C(/C=C(\C)C(F)(F)F)c1cccnc1. The van der Waals surface area contributed by atoms with Crippen LogP contribution in [0.1, 0.15) is 39.2 Å². The van der Waals surface area contributed by atoms with Gasteiger partial charge in [-0.2, -0.15) is 13.2 Å². The van der Waals surface area contributed by atoms with E-state index in [4.69, 9.17) is 0 Å². The van der Waals surface area contributed by atoms with Crippen molar-refractivity contribution in [2.24, 2.45) is 0 Å². The van der Waals surface area contributed by atoms with Crippen LogP contribution in [0.3, 0.4) is 0 Å². The lowest BCUT2D eigenvalue weighted by Crippen LogP contribution is -2.09. The van der Waals surface area contributed by atoms with E-state index in [1.54, 1.807) is 24.5 Å². The van der Waals surface area contributed by atoms with Gasteiger partial charge >= 0.3 is 6.18 Å². The summed E-state index contributed by atoms with van der Waals surface area (Å²) in [5, 5.41) is 0. The average molecular weight is 269 g/mol. The average Bonchev–Trinajstić information content (AvgIpc) is 2.35. The number of hydrogen-bond acceptors (Lipinski definition) is 1. The van der Waals surface area contributed by atoms with Crippen molar-refractivity contribution < 1.29 is 13.2 Å². The molecule has 0 aliphatic heterocycles. The predicted molar refractivity (Wildman–Crippen MR) is 71.6 cm³/mol. The monoisotopic (exact) mass is 269 g/mol. The second kappa shape index (κ2) is 6.55. The van der Waals surface area contributed by atoms with Gasteiger partial charge in [-0.25, -0.2) is 0 Å². The van der Waals surface area contributed by atoms with Crippen molar-refractivity contribution >= 4 is 5.57 Å². The number of hydrogen-bond donors (Lipinski definition) is 0. The summed E-state index contributed by atoms with van der Waals surface area (Å²) in [5.74, 6) is 0. The lowest BCUT2D eigenvalue weighted by Gasteiger charge is -2.12. The maximum absolute atomic E-state index is 12.7. The first-order valence-corrected chi connectivity index (χ1v) is 6.22. The lowest BCUT2D eigenvalue weighted by molar-refractivity contribution is -0.0912. The van der Waals surface area contributed by atoms with E-state index in [2.05, 4.69) is 4.98 Å². The molecule has 19 heavy (non-hydrogen) atoms. The fraction of sp³-hybridized carbons (Fsp3) is 0.400. The predicted octanol–water partition coefficient (Wildman–Crippen LogP) is 5.16. The van der Waals surface area contributed by atoms with Crippen molar-refractivity contribution in [3.05, 3.63) is 47.3 Å². The van der Waals surface area contributed by atoms with Crippen LogP contribution < -0.4 is 0 Å². The van der Waals surface area contributed by atoms with Gasteiger partial charge in [-0.3, -0.25) is 4.98 Å². The van der Waals surface area contributed by atoms with Gasteiger partial charge in [0.05, 0.1) is 0 Å². The number of pyridine rings is 1. The minimum Gasteiger partial charge on any atom is -0.264 e. The molecule has 4 heteroatoms. The Kier molecular flexibility index (Phi) is 5.33. The third-order valence-corrected chi connectivity index (χ3v) is 2.87. The van der Waals surface area contributed by atoms with Crippen LogP contribution in [-0.4, -0.2) is 11.2 Å². The molecule has 0 unspecified atom stereocenters. The van der Waals surface area contributed by atoms with Crippen molar-refractivity contribution in [2.45, 2.75) is 39.8 Å². The molecular formula is C15H18F3N. The molecule has 1 aromatic rings. The zero-order chi connectivity index (χ0) is 14.5. The van der Waals surface area contributed by atoms with Crippen molar-refractivity contribution in [2.75, 3.05) is 0 Å². The lowest BCUT2D eigenvalue weighted by atomic mass is 9.97. The fourth-order valence-electron chi connectivity index (χ4n) is 1.78. The molecule has 0 fully saturated rings. The Hall–Kier alpha value is -1.58. The van der Waals surface area contributed by atoms with Crippen LogP contribution in [0.4, 0.5) is 13.2 Å². The third kappa shape index (κ3) is 4.54. The Morgan fingerprint density at radius 2 is 2.00 bits per heavy atom. The van der Waals surface area contributed by atoms with E-state index < -0.39 is 11.7 Å². The first kappa shape index (κ1) is 15.5. The summed E-state index contributed by atoms with van der Waals surface area (Å²) in [6, 6.07) is 3.51. The summed E-state index contributed by atoms with van der Waals surface area (Å²) in [4.78, 5) is 3.97. The quantitative estimate of drug-likeness (QED) is 0.688. The van der Waals surface area contributed by atoms with E-state index in [1.165, 1.54) is 6.08 Å². The van der Waals surface area contributed by atoms with Gasteiger partial charge in [0.25, 0.3) is 0 Å². The van der Waals surface area contributed by atoms with Gasteiger partial charge in [0.1, 0.15) is 0 Å². The Balaban J connectivity index is 3.27. The number of allylic oxidation sites excluding steroid dienone is 4. The van der Waals surface area contributed by atoms with E-state index in [1.807, 2.05) is 13.8 Å². The highest BCUT2D eigenvalue weighted by Gasteiger charge is 2.30. The minimum atomic E-state index is -4.29. The van der Waals surface area contributed by atoms with Gasteiger partial charge in [-0.1, -0.05) is 25.0 Å². The molecule has 0 radical (unpaired) electrons. The van der Waals surface area contributed by atoms with E-state index in [9.17, 15) is 13.2 Å². The first-order valence-electron chi connectivity index (χ1n) is 6.22. The maximum atomic E-state index is 12.7. The van der Waals surface area contributed by atoms with Gasteiger partial charge < -0.3 is 0 Å². The molecule has 0 amide bonds. The Morgan fingerprint density at radius 3 is 2.47 bits per heavy atom. The molecule has 1 aromatic heterocycles. The van der Waals surface area contributed by atoms with Crippen LogP contribution in [0.5, 0.6) is 0 Å². The number of aromatic nitrogens is 1. The molecule has 0 N–H and O–H groups in total. The molecule has 0 aliphatic carbocycles. The molecule has 0 saturated heterocycles. The van der Waals surface area contributed by atoms with E-state index in [-0.39, 0.29) is 0 Å². The molecule has 1 rings (SSSR count). The molecule has 1 nitrogen and oxygen atoms in total. The highest BCUT2D eigenvalue weighted by atomic mass is 19.4. The highest BCUT2D eigenvalue weighted by molar-refractivity contribution is 5.76. The van der Waals surface area contributed by atoms with Crippen LogP contribution in [0.2, 0.25) is 0 Å². The van der Waals surface area contributed by atoms with Gasteiger partial charge in [0.2, 0.25) is 0 Å². The highest BCUT2D eigenvalue weighted by Crippen LogP contribution is 2.30. The third-order valence-electron chi connectivity index (χ3n) is 2.87. The molecule has 104 valence electrons. The number of nitrogens with zero attached hydrogens (tertiary/aromatic N) is 1. The van der Waals surface area contributed by atoms with Crippen molar-refractivity contribution in [1.82, 2.24) is 4.98 Å². The Bertz CT molecular complexity index is 470. The second-order valence-corrected chi connectivity index (χ2v) is 4.51. The maximum Gasteiger partial charge on any atom is 0.412 e. The summed E-state index contributed by atoms with van der Waals surface area (Å²) in [5.41, 5.74) is 1.68. The van der Waals surface area contributed by atoms with E-state index >= 15 is 0 Å². The normalized spacial score (nSPS) is 14.3. The summed E-state index contributed by atoms with van der Waals surface area (Å²) >= 11 is 0. The second-order valence-electron chi connectivity index (χ2n) is 4.51. The molecular weight excluding hydrogens is 251 g/mol. The zero-order valence-corrected chi connectivity index (χ0v) is 11.4. The number of alkyl halides is 3. The molecule has 0 atom stereocenters. The Labute approximate surface area is 111 Å². The number of halogens is 3. The van der Waals surface area contributed by atoms with Crippen molar-refractivity contribution in [1.29, 1.82) is 0 Å². The van der Waals surface area contributed by atoms with Crippen LogP contribution in [0.25, 0.3) is 5.57 Å². The van der Waals surface area contributed by atoms with Crippen LogP contribution in [0.15, 0.2) is 41.7 Å². The van der Waals surface area contributed by atoms with Crippen LogP contribution in [0, 0.1) is 0 Å². The minimum absolute atomic E-state index is 0.596. The topological polar surface area (TPSA) is 12.9 Å². The van der Waals surface area contributed by atoms with Gasteiger partial charge in [-0.05, 0) is 43.5 Å². The molecule has 0 spiro atoms. The summed E-state index contributed by atoms with van der Waals surface area (Å²) < 4.78 is 38.0. The van der Waals surface area contributed by atoms with Crippen molar-refractivity contribution in [3.8, 4) is 0 Å². The summed E-state index contributed by atoms with van der Waals surface area (Å²) in [6.07, 6.45) is 1.79. The fourth-order valence-corrected chi connectivity index (χ4v) is 1.78. The zero-order valence-electron chi connectivity index (χ0n) is 11.4. The van der Waals surface area contributed by atoms with Crippen LogP contribution in [-0.2, 0) is 0 Å². The van der Waals surface area contributed by atoms with Crippen molar-refractivity contribution in [3.63, 3.8) is 0 Å². The van der Waals surface area contributed by atoms with Gasteiger partial charge in [-0.15, -0.1) is 0 Å². The largest absolute Gasteiger partial charge is 0.412 e.